The van der Waals surface area contributed by atoms with E-state index in [0.29, 0.717) is 6.04 Å². The van der Waals surface area contributed by atoms with Gasteiger partial charge in [-0.05, 0) is 68.5 Å². The maximum Gasteiger partial charge on any atom is 0.0378 e. The van der Waals surface area contributed by atoms with Gasteiger partial charge < -0.3 is 11.1 Å². The fourth-order valence-electron chi connectivity index (χ4n) is 3.56. The van der Waals surface area contributed by atoms with E-state index in [4.69, 9.17) is 5.73 Å². The third-order valence-corrected chi connectivity index (χ3v) is 5.08. The summed E-state index contributed by atoms with van der Waals surface area (Å²) in [5.74, 6) is 2.53. The zero-order chi connectivity index (χ0) is 14.5. The molecule has 0 saturated heterocycles. The summed E-state index contributed by atoms with van der Waals surface area (Å²) in [5.41, 5.74) is 8.10. The number of anilines is 1. The van der Waals surface area contributed by atoms with Gasteiger partial charge in [-0.3, -0.25) is 4.98 Å². The van der Waals surface area contributed by atoms with Crippen molar-refractivity contribution < 1.29 is 0 Å². The number of hydrogen-bond acceptors (Lipinski definition) is 3. The number of aromatic nitrogens is 1. The van der Waals surface area contributed by atoms with Crippen LogP contribution in [0, 0.1) is 17.8 Å². The van der Waals surface area contributed by atoms with Crippen molar-refractivity contribution >= 4 is 5.69 Å². The molecule has 1 atom stereocenters. The lowest BCUT2D eigenvalue weighted by Crippen LogP contribution is -2.38. The first-order valence-corrected chi connectivity index (χ1v) is 7.97. The van der Waals surface area contributed by atoms with Crippen LogP contribution in [-0.4, -0.2) is 18.1 Å². The van der Waals surface area contributed by atoms with E-state index in [2.05, 4.69) is 31.2 Å². The normalized spacial score (nSPS) is 24.8. The van der Waals surface area contributed by atoms with E-state index in [9.17, 15) is 0 Å². The summed E-state index contributed by atoms with van der Waals surface area (Å²) >= 11 is 0. The van der Waals surface area contributed by atoms with Crippen LogP contribution in [0.1, 0.15) is 45.1 Å². The molecule has 0 spiro atoms. The molecule has 0 amide bonds. The highest BCUT2D eigenvalue weighted by molar-refractivity contribution is 5.44. The summed E-state index contributed by atoms with van der Waals surface area (Å²) in [6, 6.07) is 2.42. The molecule has 1 unspecified atom stereocenters. The minimum absolute atomic E-state index is 0.523. The SMILES string of the molecule is CNC(Cc1cnccc1N)C1CCC(C(C)C)CC1. The van der Waals surface area contributed by atoms with Crippen LogP contribution < -0.4 is 11.1 Å². The van der Waals surface area contributed by atoms with Crippen molar-refractivity contribution in [2.24, 2.45) is 17.8 Å². The largest absolute Gasteiger partial charge is 0.398 e. The molecule has 0 bridgehead atoms. The summed E-state index contributed by atoms with van der Waals surface area (Å²) in [5, 5.41) is 3.51. The van der Waals surface area contributed by atoms with Crippen LogP contribution in [0.25, 0.3) is 0 Å². The quantitative estimate of drug-likeness (QED) is 0.867. The molecule has 2 rings (SSSR count). The van der Waals surface area contributed by atoms with Crippen molar-refractivity contribution in [2.45, 2.75) is 52.0 Å². The van der Waals surface area contributed by atoms with Gasteiger partial charge in [-0.1, -0.05) is 13.8 Å². The molecule has 1 aliphatic rings. The lowest BCUT2D eigenvalue weighted by atomic mass is 9.73. The van der Waals surface area contributed by atoms with Crippen molar-refractivity contribution in [1.29, 1.82) is 0 Å². The first-order chi connectivity index (χ1) is 9.61. The molecule has 20 heavy (non-hydrogen) atoms. The molecule has 1 heterocycles. The molecular weight excluding hydrogens is 246 g/mol. The first-order valence-electron chi connectivity index (χ1n) is 7.97. The Hall–Kier alpha value is -1.09. The molecule has 3 N–H and O–H groups in total. The molecule has 0 aromatic carbocycles. The zero-order valence-electron chi connectivity index (χ0n) is 13.1. The van der Waals surface area contributed by atoms with Crippen molar-refractivity contribution in [3.8, 4) is 0 Å². The Morgan fingerprint density at radius 3 is 2.45 bits per heavy atom. The number of nitrogens with two attached hydrogens (primary N) is 1. The van der Waals surface area contributed by atoms with Crippen molar-refractivity contribution in [2.75, 3.05) is 12.8 Å². The third-order valence-electron chi connectivity index (χ3n) is 5.08. The average molecular weight is 275 g/mol. The smallest absolute Gasteiger partial charge is 0.0378 e. The minimum atomic E-state index is 0.523. The van der Waals surface area contributed by atoms with Gasteiger partial charge in [0.1, 0.15) is 0 Å². The summed E-state index contributed by atoms with van der Waals surface area (Å²) in [4.78, 5) is 4.21. The van der Waals surface area contributed by atoms with E-state index in [1.807, 2.05) is 12.3 Å². The highest BCUT2D eigenvalue weighted by Gasteiger charge is 2.28. The van der Waals surface area contributed by atoms with Gasteiger partial charge in [0.2, 0.25) is 0 Å². The molecule has 3 nitrogen and oxygen atoms in total. The minimum Gasteiger partial charge on any atom is -0.398 e. The molecule has 0 radical (unpaired) electrons. The van der Waals surface area contributed by atoms with Crippen LogP contribution in [0.2, 0.25) is 0 Å². The lowest BCUT2D eigenvalue weighted by Gasteiger charge is -2.35. The van der Waals surface area contributed by atoms with Gasteiger partial charge in [-0.25, -0.2) is 0 Å². The topological polar surface area (TPSA) is 50.9 Å². The van der Waals surface area contributed by atoms with Crippen molar-refractivity contribution in [1.82, 2.24) is 10.3 Å². The van der Waals surface area contributed by atoms with E-state index in [0.717, 1.165) is 29.9 Å². The second-order valence-corrected chi connectivity index (χ2v) is 6.59. The van der Waals surface area contributed by atoms with Crippen LogP contribution in [0.4, 0.5) is 5.69 Å². The van der Waals surface area contributed by atoms with E-state index < -0.39 is 0 Å². The number of nitrogens with zero attached hydrogens (tertiary/aromatic N) is 1. The Labute approximate surface area is 123 Å². The third kappa shape index (κ3) is 3.72. The molecule has 0 aliphatic heterocycles. The monoisotopic (exact) mass is 275 g/mol. The van der Waals surface area contributed by atoms with Crippen LogP contribution >= 0.6 is 0 Å². The van der Waals surface area contributed by atoms with E-state index >= 15 is 0 Å². The van der Waals surface area contributed by atoms with Gasteiger partial charge in [0.15, 0.2) is 0 Å². The van der Waals surface area contributed by atoms with Crippen molar-refractivity contribution in [3.05, 3.63) is 24.0 Å². The Balaban J connectivity index is 1.95. The second kappa shape index (κ2) is 7.07. The molecule has 1 aromatic rings. The summed E-state index contributed by atoms with van der Waals surface area (Å²) in [7, 11) is 2.08. The number of nitrogen functional groups attached to an aromatic ring is 1. The van der Waals surface area contributed by atoms with Gasteiger partial charge in [-0.2, -0.15) is 0 Å². The van der Waals surface area contributed by atoms with Gasteiger partial charge in [0, 0.05) is 24.1 Å². The van der Waals surface area contributed by atoms with E-state index in [1.54, 1.807) is 6.20 Å². The number of pyridine rings is 1. The average Bonchev–Trinajstić information content (AvgIpc) is 2.46. The van der Waals surface area contributed by atoms with E-state index in [1.165, 1.54) is 31.2 Å². The van der Waals surface area contributed by atoms with Gasteiger partial charge in [-0.15, -0.1) is 0 Å². The highest BCUT2D eigenvalue weighted by Crippen LogP contribution is 2.35. The standard InChI is InChI=1S/C17H29N3/c1-12(2)13-4-6-14(7-5-13)17(19-3)10-15-11-20-9-8-16(15)18/h8-9,11-14,17,19H,4-7,10H2,1-3H3,(H2,18,20). The molecule has 1 fully saturated rings. The van der Waals surface area contributed by atoms with Crippen molar-refractivity contribution in [3.63, 3.8) is 0 Å². The predicted octanol–water partition coefficient (Wildman–Crippen LogP) is 3.26. The maximum atomic E-state index is 6.05. The first kappa shape index (κ1) is 15.3. The summed E-state index contributed by atoms with van der Waals surface area (Å²) < 4.78 is 0. The molecule has 1 aromatic heterocycles. The fraction of sp³-hybridized carbons (Fsp3) is 0.706. The lowest BCUT2D eigenvalue weighted by molar-refractivity contribution is 0.191. The molecule has 3 heteroatoms. The van der Waals surface area contributed by atoms with Crippen LogP contribution in [0.15, 0.2) is 18.5 Å². The van der Waals surface area contributed by atoms with Gasteiger partial charge in [0.25, 0.3) is 0 Å². The number of hydrogen-bond donors (Lipinski definition) is 2. The Kier molecular flexibility index (Phi) is 5.41. The molecule has 1 aliphatic carbocycles. The van der Waals surface area contributed by atoms with Crippen LogP contribution in [-0.2, 0) is 6.42 Å². The number of nitrogens with one attached hydrogen (secondary N) is 1. The van der Waals surface area contributed by atoms with Gasteiger partial charge >= 0.3 is 0 Å². The Morgan fingerprint density at radius 1 is 1.25 bits per heavy atom. The second-order valence-electron chi connectivity index (χ2n) is 6.59. The number of likely N-dealkylation sites (N-methyl/N-ethyl adjacent to an activating group) is 1. The zero-order valence-corrected chi connectivity index (χ0v) is 13.1. The predicted molar refractivity (Wildman–Crippen MR) is 85.5 cm³/mol. The Morgan fingerprint density at radius 2 is 1.90 bits per heavy atom. The highest BCUT2D eigenvalue weighted by atomic mass is 14.9. The summed E-state index contributed by atoms with van der Waals surface area (Å²) in [6.45, 7) is 4.72. The number of rotatable bonds is 5. The molecular formula is C17H29N3. The summed E-state index contributed by atoms with van der Waals surface area (Å²) in [6.07, 6.45) is 10.1. The Bertz CT molecular complexity index is 408. The molecule has 1 saturated carbocycles. The fourth-order valence-corrected chi connectivity index (χ4v) is 3.56. The van der Waals surface area contributed by atoms with E-state index in [-0.39, 0.29) is 0 Å². The molecule has 112 valence electrons. The maximum absolute atomic E-state index is 6.05. The van der Waals surface area contributed by atoms with Crippen LogP contribution in [0.3, 0.4) is 0 Å². The van der Waals surface area contributed by atoms with Crippen LogP contribution in [0.5, 0.6) is 0 Å². The van der Waals surface area contributed by atoms with Gasteiger partial charge in [0.05, 0.1) is 0 Å².